The van der Waals surface area contributed by atoms with E-state index in [9.17, 15) is 0 Å². The highest BCUT2D eigenvalue weighted by Crippen LogP contribution is 2.24. The standard InChI is InChI=1S/C11H24N2O/c1-3-4-7-13(2)11(9-12)6-5-8-14-10-11/h3-10,12H2,1-2H3. The fourth-order valence-corrected chi connectivity index (χ4v) is 2.09. The van der Waals surface area contributed by atoms with Gasteiger partial charge in [0.25, 0.3) is 0 Å². The van der Waals surface area contributed by atoms with Gasteiger partial charge in [-0.3, -0.25) is 4.90 Å². The number of hydrogen-bond acceptors (Lipinski definition) is 3. The fraction of sp³-hybridized carbons (Fsp3) is 1.00. The number of nitrogens with two attached hydrogens (primary N) is 1. The summed E-state index contributed by atoms with van der Waals surface area (Å²) in [4.78, 5) is 2.40. The summed E-state index contributed by atoms with van der Waals surface area (Å²) in [7, 11) is 2.18. The van der Waals surface area contributed by atoms with E-state index in [0.717, 1.165) is 26.2 Å². The minimum atomic E-state index is 0.118. The predicted octanol–water partition coefficient (Wildman–Crippen LogP) is 1.23. The van der Waals surface area contributed by atoms with Crippen molar-refractivity contribution in [2.45, 2.75) is 38.1 Å². The Labute approximate surface area is 87.6 Å². The average molecular weight is 200 g/mol. The SMILES string of the molecule is CCCCN(C)C1(CN)CCCOC1. The van der Waals surface area contributed by atoms with Crippen LogP contribution < -0.4 is 5.73 Å². The summed E-state index contributed by atoms with van der Waals surface area (Å²) in [5, 5.41) is 0. The average Bonchev–Trinajstić information content (AvgIpc) is 2.26. The third-order valence-corrected chi connectivity index (χ3v) is 3.34. The highest BCUT2D eigenvalue weighted by atomic mass is 16.5. The number of ether oxygens (including phenoxy) is 1. The molecular formula is C11H24N2O. The maximum absolute atomic E-state index is 5.89. The highest BCUT2D eigenvalue weighted by Gasteiger charge is 2.34. The Kier molecular flexibility index (Phi) is 4.85. The van der Waals surface area contributed by atoms with Gasteiger partial charge in [0.15, 0.2) is 0 Å². The van der Waals surface area contributed by atoms with Gasteiger partial charge in [-0.1, -0.05) is 13.3 Å². The van der Waals surface area contributed by atoms with Crippen molar-refractivity contribution in [3.8, 4) is 0 Å². The van der Waals surface area contributed by atoms with Crippen molar-refractivity contribution in [3.63, 3.8) is 0 Å². The molecule has 1 unspecified atom stereocenters. The van der Waals surface area contributed by atoms with Crippen LogP contribution in [0.15, 0.2) is 0 Å². The summed E-state index contributed by atoms with van der Waals surface area (Å²) in [5.74, 6) is 0. The molecule has 0 aromatic carbocycles. The van der Waals surface area contributed by atoms with Gasteiger partial charge in [0.1, 0.15) is 0 Å². The molecule has 84 valence electrons. The van der Waals surface area contributed by atoms with E-state index in [1.165, 1.54) is 19.3 Å². The first-order chi connectivity index (χ1) is 6.75. The number of likely N-dealkylation sites (N-methyl/N-ethyl adjacent to an activating group) is 1. The van der Waals surface area contributed by atoms with Crippen LogP contribution in [0.4, 0.5) is 0 Å². The van der Waals surface area contributed by atoms with Crippen molar-refractivity contribution >= 4 is 0 Å². The summed E-state index contributed by atoms with van der Waals surface area (Å²) < 4.78 is 5.56. The van der Waals surface area contributed by atoms with Crippen LogP contribution >= 0.6 is 0 Å². The molecule has 0 aliphatic carbocycles. The second kappa shape index (κ2) is 5.69. The highest BCUT2D eigenvalue weighted by molar-refractivity contribution is 4.92. The molecule has 0 saturated carbocycles. The van der Waals surface area contributed by atoms with Crippen LogP contribution in [0.1, 0.15) is 32.6 Å². The maximum atomic E-state index is 5.89. The van der Waals surface area contributed by atoms with Crippen LogP contribution in [-0.4, -0.2) is 43.8 Å². The Morgan fingerprint density at radius 1 is 1.50 bits per heavy atom. The van der Waals surface area contributed by atoms with Crippen LogP contribution in [-0.2, 0) is 4.74 Å². The number of rotatable bonds is 5. The Morgan fingerprint density at radius 3 is 2.79 bits per heavy atom. The van der Waals surface area contributed by atoms with E-state index in [0.29, 0.717) is 6.54 Å². The lowest BCUT2D eigenvalue weighted by molar-refractivity contribution is -0.0344. The molecule has 2 N–H and O–H groups in total. The van der Waals surface area contributed by atoms with Gasteiger partial charge >= 0.3 is 0 Å². The molecule has 1 atom stereocenters. The van der Waals surface area contributed by atoms with E-state index in [4.69, 9.17) is 10.5 Å². The molecule has 0 aromatic heterocycles. The van der Waals surface area contributed by atoms with E-state index in [2.05, 4.69) is 18.9 Å². The molecule has 0 radical (unpaired) electrons. The van der Waals surface area contributed by atoms with Crippen LogP contribution in [0.25, 0.3) is 0 Å². The molecule has 1 aliphatic heterocycles. The molecule has 0 bridgehead atoms. The molecule has 14 heavy (non-hydrogen) atoms. The summed E-state index contributed by atoms with van der Waals surface area (Å²) in [6.45, 7) is 5.79. The molecule has 1 saturated heterocycles. The Bertz CT molecular complexity index is 155. The van der Waals surface area contributed by atoms with Crippen molar-refractivity contribution in [3.05, 3.63) is 0 Å². The Hall–Kier alpha value is -0.120. The summed E-state index contributed by atoms with van der Waals surface area (Å²) in [6, 6.07) is 0. The van der Waals surface area contributed by atoms with Crippen molar-refractivity contribution in [1.29, 1.82) is 0 Å². The third-order valence-electron chi connectivity index (χ3n) is 3.34. The van der Waals surface area contributed by atoms with Crippen LogP contribution in [0.2, 0.25) is 0 Å². The lowest BCUT2D eigenvalue weighted by Gasteiger charge is -2.43. The fourth-order valence-electron chi connectivity index (χ4n) is 2.09. The maximum Gasteiger partial charge on any atom is 0.0662 e. The normalized spacial score (nSPS) is 28.3. The van der Waals surface area contributed by atoms with Crippen molar-refractivity contribution in [1.82, 2.24) is 4.90 Å². The first-order valence-corrected chi connectivity index (χ1v) is 5.74. The molecule has 1 rings (SSSR count). The molecule has 0 aromatic rings. The first kappa shape index (κ1) is 12.0. The van der Waals surface area contributed by atoms with Crippen molar-refractivity contribution < 1.29 is 4.74 Å². The minimum absolute atomic E-state index is 0.118. The number of nitrogens with zero attached hydrogens (tertiary/aromatic N) is 1. The third kappa shape index (κ3) is 2.69. The van der Waals surface area contributed by atoms with Gasteiger partial charge in [-0.25, -0.2) is 0 Å². The predicted molar refractivity (Wildman–Crippen MR) is 59.4 cm³/mol. The summed E-state index contributed by atoms with van der Waals surface area (Å²) in [5.41, 5.74) is 6.01. The van der Waals surface area contributed by atoms with E-state index in [-0.39, 0.29) is 5.54 Å². The smallest absolute Gasteiger partial charge is 0.0662 e. The van der Waals surface area contributed by atoms with Gasteiger partial charge < -0.3 is 10.5 Å². The summed E-state index contributed by atoms with van der Waals surface area (Å²) >= 11 is 0. The lowest BCUT2D eigenvalue weighted by atomic mass is 9.90. The van der Waals surface area contributed by atoms with E-state index >= 15 is 0 Å². The van der Waals surface area contributed by atoms with E-state index in [1.54, 1.807) is 0 Å². The Morgan fingerprint density at radius 2 is 2.29 bits per heavy atom. The second-order valence-corrected chi connectivity index (χ2v) is 4.36. The molecule has 1 fully saturated rings. The molecule has 3 heteroatoms. The summed E-state index contributed by atoms with van der Waals surface area (Å²) in [6.07, 6.45) is 4.82. The zero-order chi connectivity index (χ0) is 10.4. The van der Waals surface area contributed by atoms with Gasteiger partial charge in [-0.15, -0.1) is 0 Å². The molecule has 0 spiro atoms. The molecule has 1 heterocycles. The quantitative estimate of drug-likeness (QED) is 0.725. The molecule has 1 aliphatic rings. The van der Waals surface area contributed by atoms with E-state index in [1.807, 2.05) is 0 Å². The lowest BCUT2D eigenvalue weighted by Crippen LogP contribution is -2.57. The molecule has 3 nitrogen and oxygen atoms in total. The largest absolute Gasteiger partial charge is 0.379 e. The number of unbranched alkanes of at least 4 members (excludes halogenated alkanes) is 1. The molecular weight excluding hydrogens is 176 g/mol. The van der Waals surface area contributed by atoms with Gasteiger partial charge in [0.2, 0.25) is 0 Å². The van der Waals surface area contributed by atoms with Crippen LogP contribution in [0.5, 0.6) is 0 Å². The van der Waals surface area contributed by atoms with Crippen LogP contribution in [0.3, 0.4) is 0 Å². The molecule has 0 amide bonds. The van der Waals surface area contributed by atoms with Gasteiger partial charge in [-0.2, -0.15) is 0 Å². The Balaban J connectivity index is 2.48. The van der Waals surface area contributed by atoms with Crippen molar-refractivity contribution in [2.24, 2.45) is 5.73 Å². The second-order valence-electron chi connectivity index (χ2n) is 4.36. The first-order valence-electron chi connectivity index (χ1n) is 5.74. The minimum Gasteiger partial charge on any atom is -0.379 e. The number of hydrogen-bond donors (Lipinski definition) is 1. The monoisotopic (exact) mass is 200 g/mol. The van der Waals surface area contributed by atoms with E-state index < -0.39 is 0 Å². The van der Waals surface area contributed by atoms with Gasteiger partial charge in [0, 0.05) is 13.2 Å². The van der Waals surface area contributed by atoms with Gasteiger partial charge in [-0.05, 0) is 32.9 Å². The topological polar surface area (TPSA) is 38.5 Å². The van der Waals surface area contributed by atoms with Gasteiger partial charge in [0.05, 0.1) is 12.1 Å². The van der Waals surface area contributed by atoms with Crippen molar-refractivity contribution in [2.75, 3.05) is 33.4 Å². The zero-order valence-corrected chi connectivity index (χ0v) is 9.59. The van der Waals surface area contributed by atoms with Crippen LogP contribution in [0, 0.1) is 0 Å². The zero-order valence-electron chi connectivity index (χ0n) is 9.59.